The van der Waals surface area contributed by atoms with Crippen LogP contribution < -0.4 is 10.6 Å². The monoisotopic (exact) mass is 236 g/mol. The molecule has 0 aliphatic rings. The molecule has 1 aromatic rings. The Labute approximate surface area is 104 Å². The normalized spacial score (nSPS) is 10.2. The van der Waals surface area contributed by atoms with Gasteiger partial charge in [0.1, 0.15) is 5.82 Å². The first-order chi connectivity index (χ1) is 8.36. The van der Waals surface area contributed by atoms with Crippen molar-refractivity contribution in [2.45, 2.75) is 46.0 Å². The summed E-state index contributed by atoms with van der Waals surface area (Å²) in [5, 5.41) is 6.54. The maximum absolute atomic E-state index is 4.41. The summed E-state index contributed by atoms with van der Waals surface area (Å²) in [5.41, 5.74) is 0. The Morgan fingerprint density at radius 1 is 1.00 bits per heavy atom. The molecule has 0 fully saturated rings. The molecule has 1 rings (SSSR count). The molecule has 0 spiro atoms. The second kappa shape index (κ2) is 8.79. The Morgan fingerprint density at radius 2 is 1.76 bits per heavy atom. The van der Waals surface area contributed by atoms with E-state index in [1.54, 1.807) is 6.20 Å². The molecule has 0 aromatic carbocycles. The van der Waals surface area contributed by atoms with E-state index in [9.17, 15) is 0 Å². The van der Waals surface area contributed by atoms with Crippen LogP contribution in [0, 0.1) is 0 Å². The van der Waals surface area contributed by atoms with E-state index in [2.05, 4.69) is 34.4 Å². The first kappa shape index (κ1) is 13.7. The zero-order chi connectivity index (χ0) is 12.3. The van der Waals surface area contributed by atoms with Gasteiger partial charge in [-0.25, -0.2) is 4.98 Å². The van der Waals surface area contributed by atoms with Crippen molar-refractivity contribution in [1.82, 2.24) is 9.97 Å². The summed E-state index contributed by atoms with van der Waals surface area (Å²) in [4.78, 5) is 8.60. The van der Waals surface area contributed by atoms with Crippen molar-refractivity contribution in [3.05, 3.63) is 12.3 Å². The number of nitrogens with one attached hydrogen (secondary N) is 2. The highest BCUT2D eigenvalue weighted by molar-refractivity contribution is 5.39. The Morgan fingerprint density at radius 3 is 2.53 bits per heavy atom. The lowest BCUT2D eigenvalue weighted by Gasteiger charge is -2.07. The predicted octanol–water partition coefficient (Wildman–Crippen LogP) is 3.29. The van der Waals surface area contributed by atoms with Crippen LogP contribution in [0.4, 0.5) is 11.8 Å². The van der Waals surface area contributed by atoms with Crippen LogP contribution in [0.25, 0.3) is 0 Å². The average molecular weight is 236 g/mol. The summed E-state index contributed by atoms with van der Waals surface area (Å²) in [6.45, 7) is 6.31. The number of nitrogens with zero attached hydrogens (tertiary/aromatic N) is 2. The molecule has 2 N–H and O–H groups in total. The van der Waals surface area contributed by atoms with E-state index in [0.717, 1.165) is 31.3 Å². The number of unbranched alkanes of at least 4 members (excludes halogenated alkanes) is 3. The standard InChI is InChI=1S/C13H24N4/c1-3-5-7-10-14-12-8-11-16-13(17-12)15-9-6-4-2/h8,11H,3-7,9-10H2,1-2H3,(H2,14,15,16,17). The molecule has 0 bridgehead atoms. The summed E-state index contributed by atoms with van der Waals surface area (Å²) >= 11 is 0. The first-order valence-electron chi connectivity index (χ1n) is 6.67. The highest BCUT2D eigenvalue weighted by Crippen LogP contribution is 2.06. The SMILES string of the molecule is CCCCCNc1ccnc(NCCCC)n1. The summed E-state index contributed by atoms with van der Waals surface area (Å²) < 4.78 is 0. The molecule has 0 saturated carbocycles. The maximum Gasteiger partial charge on any atom is 0.224 e. The molecule has 0 amide bonds. The quantitative estimate of drug-likeness (QED) is 0.646. The van der Waals surface area contributed by atoms with Gasteiger partial charge in [-0.2, -0.15) is 4.98 Å². The van der Waals surface area contributed by atoms with Gasteiger partial charge in [0, 0.05) is 19.3 Å². The summed E-state index contributed by atoms with van der Waals surface area (Å²) in [6.07, 6.45) is 7.83. The van der Waals surface area contributed by atoms with E-state index in [1.807, 2.05) is 6.07 Å². The summed E-state index contributed by atoms with van der Waals surface area (Å²) in [7, 11) is 0. The molecule has 0 aliphatic heterocycles. The first-order valence-corrected chi connectivity index (χ1v) is 6.67. The molecule has 96 valence electrons. The molecule has 17 heavy (non-hydrogen) atoms. The van der Waals surface area contributed by atoms with Crippen LogP contribution in [0.1, 0.15) is 46.0 Å². The molecule has 0 saturated heterocycles. The second-order valence-corrected chi connectivity index (χ2v) is 4.18. The molecular formula is C13H24N4. The number of aromatic nitrogens is 2. The molecule has 0 radical (unpaired) electrons. The number of hydrogen-bond donors (Lipinski definition) is 2. The van der Waals surface area contributed by atoms with Crippen LogP contribution in [0.2, 0.25) is 0 Å². The third kappa shape index (κ3) is 6.09. The van der Waals surface area contributed by atoms with Crippen molar-refractivity contribution in [3.8, 4) is 0 Å². The average Bonchev–Trinajstić information content (AvgIpc) is 2.36. The van der Waals surface area contributed by atoms with Gasteiger partial charge in [-0.1, -0.05) is 33.1 Å². The Bertz CT molecular complexity index is 301. The maximum atomic E-state index is 4.41. The van der Waals surface area contributed by atoms with Gasteiger partial charge in [0.25, 0.3) is 0 Å². The molecule has 1 heterocycles. The van der Waals surface area contributed by atoms with Crippen molar-refractivity contribution in [2.24, 2.45) is 0 Å². The summed E-state index contributed by atoms with van der Waals surface area (Å²) in [5.74, 6) is 1.63. The topological polar surface area (TPSA) is 49.8 Å². The molecule has 0 atom stereocenters. The zero-order valence-corrected chi connectivity index (χ0v) is 11.0. The lowest BCUT2D eigenvalue weighted by Crippen LogP contribution is -2.08. The third-order valence-electron chi connectivity index (χ3n) is 2.56. The van der Waals surface area contributed by atoms with Crippen LogP contribution >= 0.6 is 0 Å². The van der Waals surface area contributed by atoms with E-state index in [1.165, 1.54) is 25.7 Å². The van der Waals surface area contributed by atoms with Crippen molar-refractivity contribution < 1.29 is 0 Å². The van der Waals surface area contributed by atoms with Gasteiger partial charge >= 0.3 is 0 Å². The van der Waals surface area contributed by atoms with E-state index < -0.39 is 0 Å². The fourth-order valence-electron chi connectivity index (χ4n) is 1.51. The highest BCUT2D eigenvalue weighted by atomic mass is 15.1. The third-order valence-corrected chi connectivity index (χ3v) is 2.56. The van der Waals surface area contributed by atoms with E-state index in [0.29, 0.717) is 0 Å². The Kier molecular flexibility index (Phi) is 7.11. The van der Waals surface area contributed by atoms with Crippen molar-refractivity contribution >= 4 is 11.8 Å². The lowest BCUT2D eigenvalue weighted by atomic mass is 10.2. The largest absolute Gasteiger partial charge is 0.370 e. The number of rotatable bonds is 9. The number of hydrogen-bond acceptors (Lipinski definition) is 4. The number of anilines is 2. The van der Waals surface area contributed by atoms with E-state index >= 15 is 0 Å². The predicted molar refractivity (Wildman–Crippen MR) is 73.4 cm³/mol. The molecule has 0 aliphatic carbocycles. The fourth-order valence-corrected chi connectivity index (χ4v) is 1.51. The lowest BCUT2D eigenvalue weighted by molar-refractivity contribution is 0.742. The van der Waals surface area contributed by atoms with Gasteiger partial charge in [-0.3, -0.25) is 0 Å². The van der Waals surface area contributed by atoms with Gasteiger partial charge in [-0.05, 0) is 18.9 Å². The van der Waals surface area contributed by atoms with Gasteiger partial charge in [0.2, 0.25) is 5.95 Å². The van der Waals surface area contributed by atoms with Crippen molar-refractivity contribution in [3.63, 3.8) is 0 Å². The highest BCUT2D eigenvalue weighted by Gasteiger charge is 1.97. The van der Waals surface area contributed by atoms with Crippen LogP contribution in [0.15, 0.2) is 12.3 Å². The van der Waals surface area contributed by atoms with Crippen molar-refractivity contribution in [2.75, 3.05) is 23.7 Å². The zero-order valence-electron chi connectivity index (χ0n) is 11.0. The Balaban J connectivity index is 2.31. The van der Waals surface area contributed by atoms with Gasteiger partial charge < -0.3 is 10.6 Å². The molecule has 4 nitrogen and oxygen atoms in total. The fraction of sp³-hybridized carbons (Fsp3) is 0.692. The second-order valence-electron chi connectivity index (χ2n) is 4.18. The smallest absolute Gasteiger partial charge is 0.224 e. The molecule has 0 unspecified atom stereocenters. The van der Waals surface area contributed by atoms with Crippen LogP contribution in [0.5, 0.6) is 0 Å². The van der Waals surface area contributed by atoms with Gasteiger partial charge in [0.05, 0.1) is 0 Å². The Hall–Kier alpha value is -1.32. The molecule has 1 aromatic heterocycles. The van der Waals surface area contributed by atoms with E-state index in [-0.39, 0.29) is 0 Å². The van der Waals surface area contributed by atoms with Crippen LogP contribution in [-0.2, 0) is 0 Å². The minimum Gasteiger partial charge on any atom is -0.370 e. The molecular weight excluding hydrogens is 212 g/mol. The van der Waals surface area contributed by atoms with Gasteiger partial charge in [0.15, 0.2) is 0 Å². The van der Waals surface area contributed by atoms with Crippen LogP contribution in [0.3, 0.4) is 0 Å². The van der Waals surface area contributed by atoms with E-state index in [4.69, 9.17) is 0 Å². The molecule has 4 heteroatoms. The van der Waals surface area contributed by atoms with Crippen molar-refractivity contribution in [1.29, 1.82) is 0 Å². The summed E-state index contributed by atoms with van der Waals surface area (Å²) in [6, 6.07) is 1.91. The minimum absolute atomic E-state index is 0.721. The van der Waals surface area contributed by atoms with Crippen LogP contribution in [-0.4, -0.2) is 23.1 Å². The van der Waals surface area contributed by atoms with Gasteiger partial charge in [-0.15, -0.1) is 0 Å². The minimum atomic E-state index is 0.721.